The maximum atomic E-state index is 12.2. The highest BCUT2D eigenvalue weighted by atomic mass is 35.5. The quantitative estimate of drug-likeness (QED) is 0.521. The number of anilines is 1. The number of hydrogen-bond acceptors (Lipinski definition) is 4. The first-order valence-electron chi connectivity index (χ1n) is 9.85. The van der Waals surface area contributed by atoms with E-state index in [-0.39, 0.29) is 11.8 Å². The fourth-order valence-electron chi connectivity index (χ4n) is 3.66. The summed E-state index contributed by atoms with van der Waals surface area (Å²) in [6.07, 6.45) is 4.31. The topological polar surface area (TPSA) is 66.9 Å². The number of nitrogens with zero attached hydrogens (tertiary/aromatic N) is 2. The molecular weight excluding hydrogens is 407 g/mol. The molecule has 0 aliphatic heterocycles. The third-order valence-corrected chi connectivity index (χ3v) is 5.69. The molecule has 2 N–H and O–H groups in total. The third-order valence-electron chi connectivity index (χ3n) is 5.20. The first-order valence-corrected chi connectivity index (χ1v) is 10.6. The molecule has 0 saturated heterocycles. The Morgan fingerprint density at radius 3 is 2.45 bits per heavy atom. The monoisotopic (exact) mass is 428 g/mol. The Balaban J connectivity index is 1.52. The second kappa shape index (κ2) is 8.97. The number of rotatable bonds is 6. The summed E-state index contributed by atoms with van der Waals surface area (Å²) in [7, 11) is 0. The Kier molecular flexibility index (Phi) is 6.16. The number of benzene rings is 2. The summed E-state index contributed by atoms with van der Waals surface area (Å²) in [6.45, 7) is 1.12. The van der Waals surface area contributed by atoms with Crippen LogP contribution < -0.4 is 10.6 Å². The molecule has 3 aromatic rings. The van der Waals surface area contributed by atoms with Gasteiger partial charge in [0.2, 0.25) is 5.91 Å². The fourth-order valence-corrected chi connectivity index (χ4v) is 3.96. The average molecular weight is 429 g/mol. The molecule has 1 amide bonds. The summed E-state index contributed by atoms with van der Waals surface area (Å²) in [5.74, 6) is 1.64. The van der Waals surface area contributed by atoms with Crippen LogP contribution in [-0.4, -0.2) is 29.0 Å². The summed E-state index contributed by atoms with van der Waals surface area (Å²) in [6, 6.07) is 13.0. The van der Waals surface area contributed by atoms with E-state index >= 15 is 0 Å². The molecule has 0 atom stereocenters. The lowest BCUT2D eigenvalue weighted by atomic mass is 10.1. The first-order chi connectivity index (χ1) is 14.1. The Bertz CT molecular complexity index is 1020. The van der Waals surface area contributed by atoms with E-state index in [4.69, 9.17) is 28.2 Å². The van der Waals surface area contributed by atoms with Crippen LogP contribution in [0.2, 0.25) is 10.0 Å². The minimum Gasteiger partial charge on any atom is -0.368 e. The van der Waals surface area contributed by atoms with Crippen molar-refractivity contribution >= 4 is 45.8 Å². The van der Waals surface area contributed by atoms with Crippen molar-refractivity contribution in [2.45, 2.75) is 25.7 Å². The number of nitrogens with one attached hydrogen (secondary N) is 2. The van der Waals surface area contributed by atoms with Gasteiger partial charge in [-0.1, -0.05) is 36.0 Å². The van der Waals surface area contributed by atoms with Gasteiger partial charge < -0.3 is 10.6 Å². The van der Waals surface area contributed by atoms with Crippen LogP contribution in [-0.2, 0) is 4.79 Å². The lowest BCUT2D eigenvalue weighted by molar-refractivity contribution is -0.124. The molecule has 5 nitrogen and oxygen atoms in total. The fraction of sp³-hybridized carbons (Fsp3) is 0.318. The van der Waals surface area contributed by atoms with E-state index < -0.39 is 0 Å². The smallest absolute Gasteiger partial charge is 0.223 e. The van der Waals surface area contributed by atoms with Crippen LogP contribution in [0.5, 0.6) is 0 Å². The lowest BCUT2D eigenvalue weighted by Crippen LogP contribution is -2.33. The van der Waals surface area contributed by atoms with Crippen LogP contribution in [0.1, 0.15) is 25.7 Å². The summed E-state index contributed by atoms with van der Waals surface area (Å²) >= 11 is 12.2. The van der Waals surface area contributed by atoms with Gasteiger partial charge in [-0.05, 0) is 55.3 Å². The van der Waals surface area contributed by atoms with Crippen molar-refractivity contribution < 1.29 is 4.79 Å². The third kappa shape index (κ3) is 4.80. The second-order valence-electron chi connectivity index (χ2n) is 7.26. The first kappa shape index (κ1) is 19.9. The molecule has 1 aliphatic carbocycles. The summed E-state index contributed by atoms with van der Waals surface area (Å²) in [4.78, 5) is 21.5. The molecule has 4 rings (SSSR count). The molecular formula is C22H22Cl2N4O. The highest BCUT2D eigenvalue weighted by molar-refractivity contribution is 6.31. The van der Waals surface area contributed by atoms with Crippen molar-refractivity contribution in [2.75, 3.05) is 18.4 Å². The molecule has 1 fully saturated rings. The largest absolute Gasteiger partial charge is 0.368 e. The van der Waals surface area contributed by atoms with Crippen LogP contribution in [0, 0.1) is 5.92 Å². The Hall–Kier alpha value is -2.37. The van der Waals surface area contributed by atoms with E-state index in [9.17, 15) is 4.79 Å². The summed E-state index contributed by atoms with van der Waals surface area (Å²) in [5.41, 5.74) is 1.63. The molecule has 2 aromatic carbocycles. The van der Waals surface area contributed by atoms with Crippen molar-refractivity contribution in [3.05, 3.63) is 52.5 Å². The van der Waals surface area contributed by atoms with Gasteiger partial charge in [0.1, 0.15) is 5.82 Å². The van der Waals surface area contributed by atoms with Crippen LogP contribution in [0.3, 0.4) is 0 Å². The molecule has 0 bridgehead atoms. The molecule has 0 radical (unpaired) electrons. The zero-order chi connectivity index (χ0) is 20.2. The Labute approximate surface area is 179 Å². The van der Waals surface area contributed by atoms with Crippen molar-refractivity contribution in [3.63, 3.8) is 0 Å². The van der Waals surface area contributed by atoms with Gasteiger partial charge in [0.15, 0.2) is 5.82 Å². The molecule has 0 spiro atoms. The molecule has 1 aromatic heterocycles. The van der Waals surface area contributed by atoms with Gasteiger partial charge in [0, 0.05) is 40.0 Å². The van der Waals surface area contributed by atoms with Crippen LogP contribution in [0.4, 0.5) is 5.82 Å². The predicted molar refractivity (Wildman–Crippen MR) is 118 cm³/mol. The number of amides is 1. The van der Waals surface area contributed by atoms with Crippen LogP contribution in [0.25, 0.3) is 22.3 Å². The molecule has 7 heteroatoms. The highest BCUT2D eigenvalue weighted by Crippen LogP contribution is 2.28. The Morgan fingerprint density at radius 2 is 1.69 bits per heavy atom. The predicted octanol–water partition coefficient (Wildman–Crippen LogP) is 5.32. The van der Waals surface area contributed by atoms with E-state index in [1.54, 1.807) is 0 Å². The second-order valence-corrected chi connectivity index (χ2v) is 8.14. The van der Waals surface area contributed by atoms with E-state index in [0.29, 0.717) is 34.8 Å². The number of hydrogen-bond donors (Lipinski definition) is 2. The minimum absolute atomic E-state index is 0.158. The van der Waals surface area contributed by atoms with Crippen molar-refractivity contribution in [1.29, 1.82) is 0 Å². The van der Waals surface area contributed by atoms with E-state index in [1.807, 2.05) is 42.5 Å². The van der Waals surface area contributed by atoms with Gasteiger partial charge in [0.05, 0.1) is 5.52 Å². The number of aromatic nitrogens is 2. The summed E-state index contributed by atoms with van der Waals surface area (Å²) in [5, 5.41) is 8.53. The van der Waals surface area contributed by atoms with Crippen LogP contribution >= 0.6 is 23.2 Å². The zero-order valence-corrected chi connectivity index (χ0v) is 17.4. The van der Waals surface area contributed by atoms with Gasteiger partial charge in [-0.3, -0.25) is 4.79 Å². The minimum atomic E-state index is 0.158. The number of fused-ring (bicyclic) bond motifs is 1. The lowest BCUT2D eigenvalue weighted by Gasteiger charge is -2.13. The summed E-state index contributed by atoms with van der Waals surface area (Å²) < 4.78 is 0. The maximum absolute atomic E-state index is 12.2. The van der Waals surface area contributed by atoms with Gasteiger partial charge in [-0.15, -0.1) is 0 Å². The van der Waals surface area contributed by atoms with Crippen molar-refractivity contribution in [3.8, 4) is 11.4 Å². The van der Waals surface area contributed by atoms with Crippen LogP contribution in [0.15, 0.2) is 42.5 Å². The zero-order valence-electron chi connectivity index (χ0n) is 15.9. The molecule has 150 valence electrons. The van der Waals surface area contributed by atoms with E-state index in [2.05, 4.69) is 15.6 Å². The molecule has 29 heavy (non-hydrogen) atoms. The highest BCUT2D eigenvalue weighted by Gasteiger charge is 2.22. The number of carbonyl (C=O) groups excluding carboxylic acids is 1. The van der Waals surface area contributed by atoms with E-state index in [1.165, 1.54) is 0 Å². The normalized spacial score (nSPS) is 14.3. The van der Waals surface area contributed by atoms with Crippen molar-refractivity contribution in [2.24, 2.45) is 5.92 Å². The standard InChI is InChI=1S/C22H22Cl2N4O/c23-16-7-5-14(6-8-16)20-27-19-13-17(24)9-10-18(19)21(28-20)25-11-12-26-22(29)15-3-1-2-4-15/h5-10,13,15H,1-4,11-12H2,(H,26,29)(H,25,27,28). The SMILES string of the molecule is O=C(NCCNc1nc(-c2ccc(Cl)cc2)nc2cc(Cl)ccc12)C1CCCC1. The van der Waals surface area contributed by atoms with Gasteiger partial charge in [0.25, 0.3) is 0 Å². The maximum Gasteiger partial charge on any atom is 0.223 e. The molecule has 1 heterocycles. The molecule has 1 saturated carbocycles. The number of carbonyl (C=O) groups is 1. The Morgan fingerprint density at radius 1 is 0.966 bits per heavy atom. The van der Waals surface area contributed by atoms with Gasteiger partial charge in [-0.2, -0.15) is 0 Å². The van der Waals surface area contributed by atoms with Gasteiger partial charge in [-0.25, -0.2) is 9.97 Å². The average Bonchev–Trinajstić information content (AvgIpc) is 3.26. The van der Waals surface area contributed by atoms with Gasteiger partial charge >= 0.3 is 0 Å². The molecule has 0 unspecified atom stereocenters. The number of halogens is 2. The van der Waals surface area contributed by atoms with E-state index in [0.717, 1.165) is 42.1 Å². The molecule has 1 aliphatic rings. The van der Waals surface area contributed by atoms with Crippen molar-refractivity contribution in [1.82, 2.24) is 15.3 Å².